The van der Waals surface area contributed by atoms with E-state index in [0.717, 1.165) is 0 Å². The summed E-state index contributed by atoms with van der Waals surface area (Å²) in [5.41, 5.74) is -0.495. The van der Waals surface area contributed by atoms with E-state index in [9.17, 15) is 24.6 Å². The number of benzene rings is 2. The highest BCUT2D eigenvalue weighted by Crippen LogP contribution is 2.34. The predicted molar refractivity (Wildman–Crippen MR) is 150 cm³/mol. The average Bonchev–Trinajstić information content (AvgIpc) is 2.81. The molecular weight excluding hydrogens is 498 g/mol. The smallest absolute Gasteiger partial charge is 0.408 e. The number of hydrogen-bond acceptors (Lipinski definition) is 6. The van der Waals surface area contributed by atoms with E-state index < -0.39 is 41.1 Å². The summed E-state index contributed by atoms with van der Waals surface area (Å²) in [7, 11) is 0. The number of ether oxygens (including phenoxy) is 1. The summed E-state index contributed by atoms with van der Waals surface area (Å²) in [5, 5.41) is 25.6. The molecule has 3 amide bonds. The first-order valence-corrected chi connectivity index (χ1v) is 13.2. The molecule has 0 spiro atoms. The standard InChI is InChI=1S/C30H43N3O6/c1-9-30(7,8)33(25(26(36)31-19(2)3)21-11-10-12-23(35)18-21)27(37)24(32-28(38)39-29(4,5)6)17-20-13-15-22(34)16-14-20/h10-16,18-19,24-25,34-35H,9,17H2,1-8H3,(H,31,36)(H,32,38). The van der Waals surface area contributed by atoms with Gasteiger partial charge in [-0.3, -0.25) is 9.59 Å². The van der Waals surface area contributed by atoms with Crippen LogP contribution in [0.25, 0.3) is 0 Å². The van der Waals surface area contributed by atoms with E-state index in [1.165, 1.54) is 29.2 Å². The zero-order chi connectivity index (χ0) is 29.5. The number of phenols is 2. The Balaban J connectivity index is 2.66. The minimum atomic E-state index is -1.10. The first-order valence-electron chi connectivity index (χ1n) is 13.2. The van der Waals surface area contributed by atoms with Gasteiger partial charge in [-0.05, 0) is 90.3 Å². The van der Waals surface area contributed by atoms with Crippen LogP contribution in [0.4, 0.5) is 4.79 Å². The molecular formula is C30H43N3O6. The second-order valence-corrected chi connectivity index (χ2v) is 11.6. The second kappa shape index (κ2) is 12.9. The quantitative estimate of drug-likeness (QED) is 0.342. The summed E-state index contributed by atoms with van der Waals surface area (Å²) in [6.45, 7) is 14.5. The molecule has 0 aliphatic heterocycles. The molecule has 39 heavy (non-hydrogen) atoms. The fourth-order valence-electron chi connectivity index (χ4n) is 4.11. The van der Waals surface area contributed by atoms with Gasteiger partial charge in [0.1, 0.15) is 29.2 Å². The van der Waals surface area contributed by atoms with Gasteiger partial charge in [0.05, 0.1) is 0 Å². The highest BCUT2D eigenvalue weighted by atomic mass is 16.6. The Labute approximate surface area is 231 Å². The van der Waals surface area contributed by atoms with Gasteiger partial charge in [-0.25, -0.2) is 4.79 Å². The molecule has 0 radical (unpaired) electrons. The summed E-state index contributed by atoms with van der Waals surface area (Å²) in [6.07, 6.45) is -0.177. The molecule has 4 N–H and O–H groups in total. The average molecular weight is 542 g/mol. The SMILES string of the molecule is CCC(C)(C)N(C(=O)C(Cc1ccc(O)cc1)NC(=O)OC(C)(C)C)C(C(=O)NC(C)C)c1cccc(O)c1. The Morgan fingerprint density at radius 1 is 0.923 bits per heavy atom. The molecule has 2 aromatic carbocycles. The van der Waals surface area contributed by atoms with Crippen molar-refractivity contribution in [1.82, 2.24) is 15.5 Å². The molecule has 0 fully saturated rings. The molecule has 0 saturated heterocycles. The lowest BCUT2D eigenvalue weighted by molar-refractivity contribution is -0.149. The third-order valence-corrected chi connectivity index (χ3v) is 6.24. The van der Waals surface area contributed by atoms with Crippen LogP contribution in [-0.2, 0) is 20.7 Å². The van der Waals surface area contributed by atoms with Crippen molar-refractivity contribution in [2.45, 2.75) is 97.5 Å². The molecule has 0 bridgehead atoms. The predicted octanol–water partition coefficient (Wildman–Crippen LogP) is 4.82. The van der Waals surface area contributed by atoms with Gasteiger partial charge in [0.25, 0.3) is 0 Å². The van der Waals surface area contributed by atoms with E-state index in [2.05, 4.69) is 10.6 Å². The second-order valence-electron chi connectivity index (χ2n) is 11.6. The van der Waals surface area contributed by atoms with Crippen molar-refractivity contribution in [1.29, 1.82) is 0 Å². The van der Waals surface area contributed by atoms with Gasteiger partial charge in [0.15, 0.2) is 0 Å². The molecule has 0 saturated carbocycles. The molecule has 2 atom stereocenters. The molecule has 0 heterocycles. The summed E-state index contributed by atoms with van der Waals surface area (Å²) >= 11 is 0. The van der Waals surface area contributed by atoms with Crippen LogP contribution in [0.1, 0.15) is 79.0 Å². The molecule has 2 aromatic rings. The van der Waals surface area contributed by atoms with Crippen LogP contribution >= 0.6 is 0 Å². The van der Waals surface area contributed by atoms with Crippen LogP contribution in [0.5, 0.6) is 11.5 Å². The zero-order valence-corrected chi connectivity index (χ0v) is 24.2. The van der Waals surface area contributed by atoms with E-state index in [-0.39, 0.29) is 24.0 Å². The van der Waals surface area contributed by atoms with Crippen LogP contribution in [0.2, 0.25) is 0 Å². The van der Waals surface area contributed by atoms with Crippen LogP contribution in [0, 0.1) is 0 Å². The molecule has 2 unspecified atom stereocenters. The van der Waals surface area contributed by atoms with Gasteiger partial charge in [0, 0.05) is 18.0 Å². The van der Waals surface area contributed by atoms with Crippen molar-refractivity contribution in [3.63, 3.8) is 0 Å². The van der Waals surface area contributed by atoms with Crippen molar-refractivity contribution in [2.24, 2.45) is 0 Å². The van der Waals surface area contributed by atoms with E-state index in [1.54, 1.807) is 45.0 Å². The van der Waals surface area contributed by atoms with Crippen LogP contribution in [0.3, 0.4) is 0 Å². The fourth-order valence-corrected chi connectivity index (χ4v) is 4.11. The van der Waals surface area contributed by atoms with Crippen molar-refractivity contribution in [2.75, 3.05) is 0 Å². The highest BCUT2D eigenvalue weighted by molar-refractivity contribution is 5.93. The van der Waals surface area contributed by atoms with Gasteiger partial charge in [-0.15, -0.1) is 0 Å². The third kappa shape index (κ3) is 9.19. The summed E-state index contributed by atoms with van der Waals surface area (Å²) in [6, 6.07) is 10.2. The number of alkyl carbamates (subject to hydrolysis) is 1. The number of nitrogens with one attached hydrogen (secondary N) is 2. The Kier molecular flexibility index (Phi) is 10.4. The molecule has 9 heteroatoms. The zero-order valence-electron chi connectivity index (χ0n) is 24.2. The number of hydrogen-bond donors (Lipinski definition) is 4. The van der Waals surface area contributed by atoms with E-state index in [4.69, 9.17) is 4.74 Å². The maximum atomic E-state index is 14.5. The van der Waals surface area contributed by atoms with Crippen LogP contribution in [-0.4, -0.2) is 56.2 Å². The van der Waals surface area contributed by atoms with E-state index >= 15 is 0 Å². The maximum Gasteiger partial charge on any atom is 0.408 e. The Bertz CT molecular complexity index is 1140. The van der Waals surface area contributed by atoms with Gasteiger partial charge in [-0.1, -0.05) is 31.2 Å². The molecule has 0 aliphatic carbocycles. The first-order chi connectivity index (χ1) is 18.0. The first kappa shape index (κ1) is 31.5. The minimum absolute atomic E-state index is 0.0379. The fraction of sp³-hybridized carbons (Fsp3) is 0.500. The summed E-state index contributed by atoms with van der Waals surface area (Å²) < 4.78 is 5.45. The number of amides is 3. The number of carbonyl (C=O) groups excluding carboxylic acids is 3. The maximum absolute atomic E-state index is 14.5. The largest absolute Gasteiger partial charge is 0.508 e. The molecule has 9 nitrogen and oxygen atoms in total. The Morgan fingerprint density at radius 3 is 2.05 bits per heavy atom. The van der Waals surface area contributed by atoms with E-state index in [1.807, 2.05) is 34.6 Å². The van der Waals surface area contributed by atoms with Crippen molar-refractivity contribution in [3.05, 3.63) is 59.7 Å². The van der Waals surface area contributed by atoms with Gasteiger partial charge in [-0.2, -0.15) is 0 Å². The number of aromatic hydroxyl groups is 2. The van der Waals surface area contributed by atoms with Crippen LogP contribution < -0.4 is 10.6 Å². The van der Waals surface area contributed by atoms with E-state index in [0.29, 0.717) is 17.5 Å². The number of carbonyl (C=O) groups is 3. The van der Waals surface area contributed by atoms with Gasteiger partial charge >= 0.3 is 6.09 Å². The summed E-state index contributed by atoms with van der Waals surface area (Å²) in [4.78, 5) is 42.5. The van der Waals surface area contributed by atoms with Gasteiger partial charge in [0.2, 0.25) is 11.8 Å². The van der Waals surface area contributed by atoms with Crippen molar-refractivity contribution < 1.29 is 29.3 Å². The van der Waals surface area contributed by atoms with Crippen molar-refractivity contribution in [3.8, 4) is 11.5 Å². The number of nitrogens with zero attached hydrogens (tertiary/aromatic N) is 1. The lowest BCUT2D eigenvalue weighted by Gasteiger charge is -2.44. The number of rotatable bonds is 10. The monoisotopic (exact) mass is 541 g/mol. The molecule has 0 aliphatic rings. The normalized spacial score (nSPS) is 13.4. The topological polar surface area (TPSA) is 128 Å². The molecule has 2 rings (SSSR count). The third-order valence-electron chi connectivity index (χ3n) is 6.24. The number of phenolic OH excluding ortho intramolecular Hbond substituents is 2. The Morgan fingerprint density at radius 2 is 1.54 bits per heavy atom. The lowest BCUT2D eigenvalue weighted by Crippen LogP contribution is -2.60. The highest BCUT2D eigenvalue weighted by Gasteiger charge is 2.43. The minimum Gasteiger partial charge on any atom is -0.508 e. The summed E-state index contributed by atoms with van der Waals surface area (Å²) in [5.74, 6) is -0.868. The Hall–Kier alpha value is -3.75. The molecule has 214 valence electrons. The van der Waals surface area contributed by atoms with Gasteiger partial charge < -0.3 is 30.5 Å². The van der Waals surface area contributed by atoms with Crippen molar-refractivity contribution >= 4 is 17.9 Å². The lowest BCUT2D eigenvalue weighted by atomic mass is 9.91. The molecule has 0 aromatic heterocycles. The van der Waals surface area contributed by atoms with Crippen LogP contribution in [0.15, 0.2) is 48.5 Å².